The van der Waals surface area contributed by atoms with Gasteiger partial charge >= 0.3 is 0 Å². The molecule has 0 aliphatic rings. The summed E-state index contributed by atoms with van der Waals surface area (Å²) in [7, 11) is 0. The van der Waals surface area contributed by atoms with Crippen LogP contribution in [0.25, 0.3) is 21.7 Å². The summed E-state index contributed by atoms with van der Waals surface area (Å²) in [5.74, 6) is 0.508. The Labute approximate surface area is 132 Å². The number of thiophene rings is 1. The predicted octanol–water partition coefficient (Wildman–Crippen LogP) is 4.65. The number of nitrogens with one attached hydrogen (secondary N) is 1. The second kappa shape index (κ2) is 5.15. The summed E-state index contributed by atoms with van der Waals surface area (Å²) in [5, 5.41) is 9.87. The van der Waals surface area contributed by atoms with Gasteiger partial charge in [0.05, 0.1) is 11.3 Å². The number of H-pyrrole nitrogens is 1. The first kappa shape index (κ1) is 13.0. The lowest BCUT2D eigenvalue weighted by atomic mass is 10.1. The number of hydrogen-bond donors (Lipinski definition) is 2. The molecule has 0 saturated heterocycles. The second-order valence-electron chi connectivity index (χ2n) is 3.96. The molecule has 6 heteroatoms. The molecular weight excluding hydrogens is 393 g/mol. The smallest absolute Gasteiger partial charge is 0.154 e. The summed E-state index contributed by atoms with van der Waals surface area (Å²) < 4.78 is 1.10. The van der Waals surface area contributed by atoms with Gasteiger partial charge in [-0.2, -0.15) is 5.10 Å². The van der Waals surface area contributed by atoms with Crippen LogP contribution in [0.3, 0.4) is 0 Å². The molecule has 3 aromatic rings. The molecule has 0 unspecified atom stereocenters. The first-order valence-electron chi connectivity index (χ1n) is 5.50. The lowest BCUT2D eigenvalue weighted by Gasteiger charge is -2.05. The molecule has 0 atom stereocenters. The Morgan fingerprint density at radius 2 is 2.16 bits per heavy atom. The Kier molecular flexibility index (Phi) is 3.51. The number of nitrogen functional groups attached to an aromatic ring is 1. The Morgan fingerprint density at radius 3 is 2.89 bits per heavy atom. The zero-order valence-electron chi connectivity index (χ0n) is 9.65. The van der Waals surface area contributed by atoms with Gasteiger partial charge in [0.25, 0.3) is 0 Å². The predicted molar refractivity (Wildman–Crippen MR) is 89.5 cm³/mol. The van der Waals surface area contributed by atoms with E-state index in [9.17, 15) is 0 Å². The van der Waals surface area contributed by atoms with E-state index in [4.69, 9.17) is 17.3 Å². The molecule has 1 aromatic carbocycles. The summed E-state index contributed by atoms with van der Waals surface area (Å²) in [6.45, 7) is 0. The molecule has 3 nitrogen and oxygen atoms in total. The van der Waals surface area contributed by atoms with Crippen molar-refractivity contribution in [1.82, 2.24) is 10.2 Å². The van der Waals surface area contributed by atoms with Crippen LogP contribution in [-0.4, -0.2) is 10.2 Å². The fraction of sp³-hybridized carbons (Fsp3) is 0. The van der Waals surface area contributed by atoms with E-state index < -0.39 is 0 Å². The number of aromatic nitrogens is 2. The third kappa shape index (κ3) is 2.37. The Morgan fingerprint density at radius 1 is 1.32 bits per heavy atom. The minimum absolute atomic E-state index is 0.508. The molecule has 2 heterocycles. The van der Waals surface area contributed by atoms with Gasteiger partial charge in [-0.3, -0.25) is 5.10 Å². The minimum Gasteiger partial charge on any atom is -0.382 e. The van der Waals surface area contributed by atoms with Gasteiger partial charge in [-0.15, -0.1) is 11.3 Å². The number of benzene rings is 1. The number of aromatic amines is 1. The summed E-state index contributed by atoms with van der Waals surface area (Å²) in [4.78, 5) is 1.09. The van der Waals surface area contributed by atoms with Crippen molar-refractivity contribution in [3.63, 3.8) is 0 Å². The minimum atomic E-state index is 0.508. The van der Waals surface area contributed by atoms with E-state index in [1.54, 1.807) is 11.3 Å². The SMILES string of the molecule is Nc1n[nH]c(-c2cc(Cl)ccc2I)c1-c1cccs1. The van der Waals surface area contributed by atoms with Gasteiger partial charge in [0, 0.05) is 19.0 Å². The van der Waals surface area contributed by atoms with Gasteiger partial charge in [0.1, 0.15) is 0 Å². The Bertz CT molecular complexity index is 722. The van der Waals surface area contributed by atoms with Crippen molar-refractivity contribution in [3.05, 3.63) is 44.3 Å². The van der Waals surface area contributed by atoms with Gasteiger partial charge in [0.2, 0.25) is 0 Å². The average molecular weight is 402 g/mol. The van der Waals surface area contributed by atoms with Crippen LogP contribution in [0.1, 0.15) is 0 Å². The van der Waals surface area contributed by atoms with Gasteiger partial charge in [-0.05, 0) is 52.2 Å². The number of nitrogens with zero attached hydrogens (tertiary/aromatic N) is 1. The van der Waals surface area contributed by atoms with Crippen LogP contribution in [0.5, 0.6) is 0 Å². The first-order valence-corrected chi connectivity index (χ1v) is 7.83. The topological polar surface area (TPSA) is 54.7 Å². The molecule has 0 saturated carbocycles. The lowest BCUT2D eigenvalue weighted by Crippen LogP contribution is -1.88. The summed E-state index contributed by atoms with van der Waals surface area (Å²) in [6, 6.07) is 9.81. The highest BCUT2D eigenvalue weighted by molar-refractivity contribution is 14.1. The third-order valence-electron chi connectivity index (χ3n) is 2.76. The van der Waals surface area contributed by atoms with Gasteiger partial charge < -0.3 is 5.73 Å². The molecule has 3 rings (SSSR count). The summed E-state index contributed by atoms with van der Waals surface area (Å²) >= 11 is 10.0. The maximum absolute atomic E-state index is 6.08. The van der Waals surface area contributed by atoms with Crippen LogP contribution < -0.4 is 5.73 Å². The van der Waals surface area contributed by atoms with E-state index in [2.05, 4.69) is 32.8 Å². The standard InChI is InChI=1S/C13H9ClIN3S/c14-7-3-4-9(15)8(6-7)12-11(13(16)18-17-12)10-2-1-5-19-10/h1-6H,(H3,16,17,18). The van der Waals surface area contributed by atoms with Crippen molar-refractivity contribution < 1.29 is 0 Å². The van der Waals surface area contributed by atoms with Crippen molar-refractivity contribution in [2.75, 3.05) is 5.73 Å². The number of nitrogens with two attached hydrogens (primary N) is 1. The van der Waals surface area contributed by atoms with Crippen LogP contribution in [0.4, 0.5) is 5.82 Å². The van der Waals surface area contributed by atoms with Crippen LogP contribution in [0.2, 0.25) is 5.02 Å². The zero-order valence-corrected chi connectivity index (χ0v) is 13.4. The van der Waals surface area contributed by atoms with Crippen molar-refractivity contribution in [3.8, 4) is 21.7 Å². The van der Waals surface area contributed by atoms with Crippen molar-refractivity contribution in [2.24, 2.45) is 0 Å². The molecule has 2 aromatic heterocycles. The highest BCUT2D eigenvalue weighted by Gasteiger charge is 2.17. The van der Waals surface area contributed by atoms with E-state index in [0.29, 0.717) is 10.8 Å². The second-order valence-corrected chi connectivity index (χ2v) is 6.51. The molecule has 0 aliphatic heterocycles. The molecule has 0 fully saturated rings. The number of anilines is 1. The third-order valence-corrected chi connectivity index (χ3v) is 4.82. The number of rotatable bonds is 2. The van der Waals surface area contributed by atoms with E-state index in [1.807, 2.05) is 35.7 Å². The summed E-state index contributed by atoms with van der Waals surface area (Å²) in [6.07, 6.45) is 0. The fourth-order valence-corrected chi connectivity index (χ4v) is 3.47. The average Bonchev–Trinajstić information content (AvgIpc) is 3.01. The number of hydrogen-bond acceptors (Lipinski definition) is 3. The van der Waals surface area contributed by atoms with E-state index >= 15 is 0 Å². The van der Waals surface area contributed by atoms with Crippen LogP contribution >= 0.6 is 45.5 Å². The molecule has 3 N–H and O–H groups in total. The molecule has 19 heavy (non-hydrogen) atoms. The van der Waals surface area contributed by atoms with E-state index in [1.165, 1.54) is 0 Å². The van der Waals surface area contributed by atoms with Crippen molar-refractivity contribution in [2.45, 2.75) is 0 Å². The van der Waals surface area contributed by atoms with E-state index in [-0.39, 0.29) is 0 Å². The molecule has 0 bridgehead atoms. The highest BCUT2D eigenvalue weighted by atomic mass is 127. The highest BCUT2D eigenvalue weighted by Crippen LogP contribution is 2.39. The largest absolute Gasteiger partial charge is 0.382 e. The molecular formula is C13H9ClIN3S. The van der Waals surface area contributed by atoms with Crippen molar-refractivity contribution >= 4 is 51.3 Å². The normalized spacial score (nSPS) is 10.8. The molecule has 96 valence electrons. The van der Waals surface area contributed by atoms with Crippen LogP contribution in [0, 0.1) is 3.57 Å². The maximum atomic E-state index is 6.08. The fourth-order valence-electron chi connectivity index (χ4n) is 1.91. The summed E-state index contributed by atoms with van der Waals surface area (Å²) in [5.41, 5.74) is 8.85. The van der Waals surface area contributed by atoms with Crippen molar-refractivity contribution in [1.29, 1.82) is 0 Å². The lowest BCUT2D eigenvalue weighted by molar-refractivity contribution is 1.10. The number of halogens is 2. The monoisotopic (exact) mass is 401 g/mol. The maximum Gasteiger partial charge on any atom is 0.154 e. The van der Waals surface area contributed by atoms with Crippen LogP contribution in [0.15, 0.2) is 35.7 Å². The van der Waals surface area contributed by atoms with E-state index in [0.717, 1.165) is 25.3 Å². The van der Waals surface area contributed by atoms with Gasteiger partial charge in [-0.1, -0.05) is 17.7 Å². The Balaban J connectivity index is 2.24. The molecule has 0 radical (unpaired) electrons. The van der Waals surface area contributed by atoms with Gasteiger partial charge in [-0.25, -0.2) is 0 Å². The zero-order chi connectivity index (χ0) is 13.4. The molecule has 0 aliphatic carbocycles. The van der Waals surface area contributed by atoms with Gasteiger partial charge in [0.15, 0.2) is 5.82 Å². The quantitative estimate of drug-likeness (QED) is 0.614. The molecule has 0 spiro atoms. The first-order chi connectivity index (χ1) is 9.16. The molecule has 0 amide bonds. The van der Waals surface area contributed by atoms with Crippen LogP contribution in [-0.2, 0) is 0 Å². The Hall–Kier alpha value is -1.05.